The number of amides is 1. The van der Waals surface area contributed by atoms with Gasteiger partial charge in [0.05, 0.1) is 13.2 Å². The van der Waals surface area contributed by atoms with Crippen molar-refractivity contribution in [2.45, 2.75) is 91.1 Å². The molecular formula is C34H51N3O3. The highest BCUT2D eigenvalue weighted by Crippen LogP contribution is 2.67. The van der Waals surface area contributed by atoms with Crippen molar-refractivity contribution in [3.8, 4) is 5.75 Å². The number of fused-ring (bicyclic) bond motifs is 5. The summed E-state index contributed by atoms with van der Waals surface area (Å²) in [6.07, 6.45) is 15.5. The molecule has 1 saturated heterocycles. The van der Waals surface area contributed by atoms with Crippen molar-refractivity contribution in [3.05, 3.63) is 30.0 Å². The Morgan fingerprint density at radius 1 is 1.12 bits per heavy atom. The quantitative estimate of drug-likeness (QED) is 0.435. The minimum atomic E-state index is -0.127. The topological polar surface area (TPSA) is 65.9 Å². The highest BCUT2D eigenvalue weighted by atomic mass is 16.5. The highest BCUT2D eigenvalue weighted by molar-refractivity contribution is 5.76. The minimum Gasteiger partial charge on any atom is -0.493 e. The Morgan fingerprint density at radius 2 is 1.93 bits per heavy atom. The van der Waals surface area contributed by atoms with Gasteiger partial charge in [0.15, 0.2) is 11.6 Å². The Kier molecular flexibility index (Phi) is 7.69. The smallest absolute Gasteiger partial charge is 0.222 e. The molecule has 0 unspecified atom stereocenters. The Balaban J connectivity index is 1.04. The van der Waals surface area contributed by atoms with Crippen LogP contribution in [0.2, 0.25) is 0 Å². The summed E-state index contributed by atoms with van der Waals surface area (Å²) in [7, 11) is 1.69. The zero-order chi connectivity index (χ0) is 28.1. The van der Waals surface area contributed by atoms with Gasteiger partial charge in [0.1, 0.15) is 0 Å². The number of carbonyl (C=O) groups is 1. The van der Waals surface area contributed by atoms with Crippen molar-refractivity contribution in [1.82, 2.24) is 9.88 Å². The fourth-order valence-electron chi connectivity index (χ4n) is 10.3. The first-order chi connectivity index (χ1) is 19.2. The van der Waals surface area contributed by atoms with Gasteiger partial charge in [-0.05, 0) is 110 Å². The molecule has 3 saturated carbocycles. The fraction of sp³-hybridized carbons (Fsp3) is 0.765. The zero-order valence-electron chi connectivity index (χ0n) is 25.3. The summed E-state index contributed by atoms with van der Waals surface area (Å²) < 4.78 is 5.50. The molecule has 8 atom stereocenters. The Morgan fingerprint density at radius 3 is 2.70 bits per heavy atom. The number of pyridine rings is 1. The molecule has 2 heterocycles. The van der Waals surface area contributed by atoms with Crippen molar-refractivity contribution in [2.24, 2.45) is 40.4 Å². The van der Waals surface area contributed by atoms with Crippen LogP contribution in [0.3, 0.4) is 0 Å². The maximum Gasteiger partial charge on any atom is 0.222 e. The number of piperazine rings is 1. The first kappa shape index (κ1) is 28.1. The van der Waals surface area contributed by atoms with E-state index in [-0.39, 0.29) is 6.10 Å². The summed E-state index contributed by atoms with van der Waals surface area (Å²) in [4.78, 5) is 22.1. The van der Waals surface area contributed by atoms with Crippen molar-refractivity contribution >= 4 is 11.7 Å². The predicted molar refractivity (Wildman–Crippen MR) is 159 cm³/mol. The minimum absolute atomic E-state index is 0.127. The van der Waals surface area contributed by atoms with E-state index in [2.05, 4.69) is 41.6 Å². The van der Waals surface area contributed by atoms with Gasteiger partial charge in [0.2, 0.25) is 5.91 Å². The lowest BCUT2D eigenvalue weighted by Crippen LogP contribution is -2.51. The van der Waals surface area contributed by atoms with E-state index >= 15 is 0 Å². The molecule has 0 aromatic carbocycles. The number of allylic oxidation sites excluding steroid dienone is 1. The molecule has 5 aliphatic rings. The maximum absolute atomic E-state index is 13.3. The molecule has 1 amide bonds. The number of rotatable bonds is 6. The molecule has 0 radical (unpaired) electrons. The number of hydrogen-bond donors (Lipinski definition) is 1. The average Bonchev–Trinajstić information content (AvgIpc) is 3.33. The van der Waals surface area contributed by atoms with Crippen LogP contribution in [0.15, 0.2) is 30.0 Å². The molecule has 0 spiro atoms. The Hall–Kier alpha value is -2.08. The molecule has 1 aromatic rings. The number of anilines is 1. The number of hydrogen-bond acceptors (Lipinski definition) is 5. The first-order valence-corrected chi connectivity index (χ1v) is 16.1. The van der Waals surface area contributed by atoms with Gasteiger partial charge in [-0.15, -0.1) is 0 Å². The molecule has 1 N–H and O–H groups in total. The predicted octanol–water partition coefficient (Wildman–Crippen LogP) is 6.10. The molecule has 6 rings (SSSR count). The van der Waals surface area contributed by atoms with E-state index in [4.69, 9.17) is 4.74 Å². The molecule has 6 nitrogen and oxygen atoms in total. The van der Waals surface area contributed by atoms with Gasteiger partial charge in [-0.1, -0.05) is 32.4 Å². The van der Waals surface area contributed by atoms with Crippen LogP contribution in [-0.4, -0.2) is 60.3 Å². The van der Waals surface area contributed by atoms with Crippen LogP contribution in [0.5, 0.6) is 5.75 Å². The number of aliphatic hydroxyl groups excluding tert-OH is 1. The third-order valence-electron chi connectivity index (χ3n) is 12.6. The van der Waals surface area contributed by atoms with Gasteiger partial charge in [-0.3, -0.25) is 4.79 Å². The number of methoxy groups -OCH3 is 1. The van der Waals surface area contributed by atoms with Crippen LogP contribution >= 0.6 is 0 Å². The van der Waals surface area contributed by atoms with E-state index in [1.165, 1.54) is 32.1 Å². The molecule has 1 aromatic heterocycles. The van der Waals surface area contributed by atoms with Crippen molar-refractivity contribution in [3.63, 3.8) is 0 Å². The lowest BCUT2D eigenvalue weighted by atomic mass is 9.47. The third-order valence-corrected chi connectivity index (χ3v) is 12.6. The summed E-state index contributed by atoms with van der Waals surface area (Å²) in [6.45, 7) is 10.7. The second kappa shape index (κ2) is 11.0. The van der Waals surface area contributed by atoms with Gasteiger partial charge in [-0.2, -0.15) is 0 Å². The molecule has 4 fully saturated rings. The lowest BCUT2D eigenvalue weighted by Gasteiger charge is -2.58. The van der Waals surface area contributed by atoms with Crippen LogP contribution in [0.25, 0.3) is 0 Å². The van der Waals surface area contributed by atoms with E-state index in [0.29, 0.717) is 29.1 Å². The van der Waals surface area contributed by atoms with Crippen LogP contribution in [0.1, 0.15) is 85.0 Å². The summed E-state index contributed by atoms with van der Waals surface area (Å²) in [5.41, 5.74) is 2.29. The number of aliphatic hydroxyl groups is 1. The van der Waals surface area contributed by atoms with E-state index in [0.717, 1.165) is 87.1 Å². The van der Waals surface area contributed by atoms with Crippen LogP contribution in [0.4, 0.5) is 5.82 Å². The first-order valence-electron chi connectivity index (χ1n) is 16.1. The van der Waals surface area contributed by atoms with Gasteiger partial charge >= 0.3 is 0 Å². The molecule has 220 valence electrons. The second-order valence-electron chi connectivity index (χ2n) is 14.3. The Bertz CT molecular complexity index is 1110. The van der Waals surface area contributed by atoms with Crippen LogP contribution in [-0.2, 0) is 4.79 Å². The van der Waals surface area contributed by atoms with E-state index < -0.39 is 0 Å². The van der Waals surface area contributed by atoms with Crippen LogP contribution in [0, 0.1) is 40.4 Å². The van der Waals surface area contributed by atoms with Gasteiger partial charge in [0, 0.05) is 38.8 Å². The monoisotopic (exact) mass is 549 g/mol. The maximum atomic E-state index is 13.3. The normalized spacial score (nSPS) is 38.1. The zero-order valence-corrected chi connectivity index (χ0v) is 25.3. The third kappa shape index (κ3) is 4.76. The van der Waals surface area contributed by atoms with Crippen molar-refractivity contribution in [1.29, 1.82) is 0 Å². The summed E-state index contributed by atoms with van der Waals surface area (Å²) in [5.74, 6) is 5.71. The fourth-order valence-corrected chi connectivity index (χ4v) is 10.3. The van der Waals surface area contributed by atoms with Gasteiger partial charge < -0.3 is 19.6 Å². The molecule has 40 heavy (non-hydrogen) atoms. The number of carbonyl (C=O) groups excluding carboxylic acids is 1. The van der Waals surface area contributed by atoms with Crippen molar-refractivity contribution in [2.75, 3.05) is 38.2 Å². The van der Waals surface area contributed by atoms with E-state index in [1.54, 1.807) is 18.9 Å². The lowest BCUT2D eigenvalue weighted by molar-refractivity contribution is -0.132. The average molecular weight is 550 g/mol. The van der Waals surface area contributed by atoms with E-state index in [1.807, 2.05) is 12.1 Å². The molecule has 1 aliphatic heterocycles. The molecule has 0 bridgehead atoms. The molecule has 4 aliphatic carbocycles. The van der Waals surface area contributed by atoms with E-state index in [9.17, 15) is 9.90 Å². The largest absolute Gasteiger partial charge is 0.493 e. The highest BCUT2D eigenvalue weighted by Gasteiger charge is 2.59. The number of aromatic nitrogens is 1. The summed E-state index contributed by atoms with van der Waals surface area (Å²) in [6, 6.07) is 3.85. The van der Waals surface area contributed by atoms with Crippen molar-refractivity contribution < 1.29 is 14.6 Å². The molecular weight excluding hydrogens is 498 g/mol. The van der Waals surface area contributed by atoms with Crippen LogP contribution < -0.4 is 9.64 Å². The Labute approximate surface area is 241 Å². The second-order valence-corrected chi connectivity index (χ2v) is 14.3. The van der Waals surface area contributed by atoms with Gasteiger partial charge in [-0.25, -0.2) is 4.98 Å². The SMILES string of the molecule is COc1cccnc1N1CCN(C(=O)CC[C@@H](C)[C@H]2CC[C@H]3[C@@H]4CC=C5C[C@@H](O)CC[C@]5(C)[C@H]4CC[C@]23C)CC1. The number of nitrogens with zero attached hydrogens (tertiary/aromatic N) is 3. The summed E-state index contributed by atoms with van der Waals surface area (Å²) in [5, 5.41) is 10.3. The standard InChI is InChI=1S/C34H51N3O3/c1-23(7-12-31(39)36-18-20-37(21-19-36)32-30(40-4)6-5-17-35-32)27-10-11-28-26-9-8-24-22-25(38)13-15-33(24,2)29(26)14-16-34(27,28)3/h5-6,8,17,23,25-29,38H,7,9-16,18-22H2,1-4H3/t23-,25+,26+,27-,28+,29+,33+,34-/m1/s1. The summed E-state index contributed by atoms with van der Waals surface area (Å²) >= 11 is 0. The van der Waals surface area contributed by atoms with Gasteiger partial charge in [0.25, 0.3) is 0 Å². The molecule has 6 heteroatoms. The number of ether oxygens (including phenoxy) is 1.